The molecule has 11 nitrogen and oxygen atoms in total. The molecule has 2 aromatic heterocycles. The predicted octanol–water partition coefficient (Wildman–Crippen LogP) is 3.07. The number of benzene rings is 1. The lowest BCUT2D eigenvalue weighted by Crippen LogP contribution is -2.38. The first-order chi connectivity index (χ1) is 17.9. The minimum Gasteiger partial charge on any atom is -0.465 e. The number of hydrogen-bond acceptors (Lipinski definition) is 7. The number of carboxylic acid groups (broad SMARTS) is 1. The summed E-state index contributed by atoms with van der Waals surface area (Å²) in [6.07, 6.45) is 6.05. The van der Waals surface area contributed by atoms with E-state index >= 15 is 0 Å². The van der Waals surface area contributed by atoms with E-state index in [1.807, 2.05) is 32.4 Å². The summed E-state index contributed by atoms with van der Waals surface area (Å²) in [7, 11) is 3.90. The summed E-state index contributed by atoms with van der Waals surface area (Å²) < 4.78 is 9.45. The quantitative estimate of drug-likeness (QED) is 0.539. The van der Waals surface area contributed by atoms with E-state index in [-0.39, 0.29) is 6.04 Å². The van der Waals surface area contributed by atoms with Crippen LogP contribution in [-0.2, 0) is 24.8 Å². The third-order valence-electron chi connectivity index (χ3n) is 7.78. The van der Waals surface area contributed by atoms with Crippen LogP contribution in [0.2, 0.25) is 0 Å². The molecule has 5 heterocycles. The van der Waals surface area contributed by atoms with Gasteiger partial charge < -0.3 is 24.5 Å². The van der Waals surface area contributed by atoms with E-state index in [0.717, 1.165) is 65.2 Å². The number of aromatic nitrogens is 4. The number of anilines is 3. The van der Waals surface area contributed by atoms with Gasteiger partial charge in [0.25, 0.3) is 0 Å². The van der Waals surface area contributed by atoms with Crippen LogP contribution in [0.4, 0.5) is 22.0 Å². The van der Waals surface area contributed by atoms with Gasteiger partial charge in [0.1, 0.15) is 0 Å². The molecule has 0 atom stereocenters. The van der Waals surface area contributed by atoms with Gasteiger partial charge in [-0.25, -0.2) is 4.79 Å². The third-order valence-corrected chi connectivity index (χ3v) is 7.78. The number of carbonyl (C=O) groups excluding carboxylic acids is 1. The maximum atomic E-state index is 12.2. The molecule has 1 fully saturated rings. The number of aryl methyl sites for hydroxylation is 1. The Hall–Kier alpha value is -3.86. The molecule has 0 aliphatic carbocycles. The Morgan fingerprint density at radius 2 is 1.95 bits per heavy atom. The van der Waals surface area contributed by atoms with Crippen molar-refractivity contribution in [1.29, 1.82) is 0 Å². The van der Waals surface area contributed by atoms with Crippen LogP contribution in [0.3, 0.4) is 0 Å². The van der Waals surface area contributed by atoms with Gasteiger partial charge in [0, 0.05) is 81.9 Å². The van der Waals surface area contributed by atoms with Crippen LogP contribution < -0.4 is 9.80 Å². The molecule has 3 aliphatic heterocycles. The third kappa shape index (κ3) is 4.03. The van der Waals surface area contributed by atoms with Crippen molar-refractivity contribution in [2.75, 3.05) is 49.7 Å². The summed E-state index contributed by atoms with van der Waals surface area (Å²) in [5.74, 6) is 0.785. The summed E-state index contributed by atoms with van der Waals surface area (Å²) in [6, 6.07) is 4.21. The maximum absolute atomic E-state index is 12.2. The molecule has 3 aromatic rings. The van der Waals surface area contributed by atoms with Gasteiger partial charge in [0.2, 0.25) is 0 Å². The average molecular weight is 506 g/mol. The van der Waals surface area contributed by atoms with Crippen LogP contribution in [0, 0.1) is 0 Å². The first-order valence-corrected chi connectivity index (χ1v) is 12.7. The van der Waals surface area contributed by atoms with E-state index in [1.165, 1.54) is 4.90 Å². The zero-order valence-electron chi connectivity index (χ0n) is 21.1. The molecule has 194 valence electrons. The van der Waals surface area contributed by atoms with Gasteiger partial charge in [-0.3, -0.25) is 14.2 Å². The van der Waals surface area contributed by atoms with Crippen LogP contribution in [0.15, 0.2) is 24.5 Å². The number of carbonyl (C=O) groups is 2. The molecule has 1 aromatic carbocycles. The number of nitrogens with zero attached hydrogens (tertiary/aromatic N) is 7. The lowest BCUT2D eigenvalue weighted by atomic mass is 9.98. The molecule has 0 saturated carbocycles. The summed E-state index contributed by atoms with van der Waals surface area (Å²) in [5.41, 5.74) is 6.27. The van der Waals surface area contributed by atoms with Gasteiger partial charge in [-0.1, -0.05) is 0 Å². The lowest BCUT2D eigenvalue weighted by Gasteiger charge is -2.37. The van der Waals surface area contributed by atoms with Crippen molar-refractivity contribution >= 4 is 29.6 Å². The number of ether oxygens (including phenoxy) is 1. The largest absolute Gasteiger partial charge is 0.465 e. The average Bonchev–Trinajstić information content (AvgIpc) is 3.52. The molecular weight excluding hydrogens is 474 g/mol. The van der Waals surface area contributed by atoms with Gasteiger partial charge >= 0.3 is 6.09 Å². The van der Waals surface area contributed by atoms with Crippen molar-refractivity contribution in [3.63, 3.8) is 0 Å². The zero-order valence-corrected chi connectivity index (χ0v) is 21.1. The number of hydrogen-bond donors (Lipinski definition) is 1. The fourth-order valence-electron chi connectivity index (χ4n) is 5.77. The Balaban J connectivity index is 1.48. The zero-order chi connectivity index (χ0) is 25.7. The van der Waals surface area contributed by atoms with Gasteiger partial charge in [-0.05, 0) is 30.5 Å². The number of amides is 1. The number of aldehydes is 1. The van der Waals surface area contributed by atoms with E-state index < -0.39 is 6.09 Å². The highest BCUT2D eigenvalue weighted by Crippen LogP contribution is 2.43. The normalized spacial score (nSPS) is 18.1. The van der Waals surface area contributed by atoms with E-state index in [4.69, 9.17) is 9.84 Å². The van der Waals surface area contributed by atoms with E-state index in [9.17, 15) is 14.7 Å². The SMILES string of the molecule is CN1CCN(c2nn(C3CCOCC3)c3c2CN(C(=O)O)CC3)c2cc(C=O)c(-c3cnn(C)c3)cc21. The number of fused-ring (bicyclic) bond motifs is 2. The fourth-order valence-corrected chi connectivity index (χ4v) is 5.77. The molecule has 11 heteroatoms. The molecule has 1 N–H and O–H groups in total. The van der Waals surface area contributed by atoms with Crippen LogP contribution in [0.25, 0.3) is 11.1 Å². The van der Waals surface area contributed by atoms with E-state index in [2.05, 4.69) is 19.6 Å². The Morgan fingerprint density at radius 1 is 1.14 bits per heavy atom. The van der Waals surface area contributed by atoms with Gasteiger partial charge in [0.15, 0.2) is 12.1 Å². The molecule has 0 radical (unpaired) electrons. The van der Waals surface area contributed by atoms with Crippen molar-refractivity contribution in [3.05, 3.63) is 41.3 Å². The minimum absolute atomic E-state index is 0.234. The molecule has 1 amide bonds. The Bertz CT molecular complexity index is 1360. The monoisotopic (exact) mass is 505 g/mol. The van der Waals surface area contributed by atoms with Gasteiger partial charge in [0.05, 0.1) is 30.2 Å². The van der Waals surface area contributed by atoms with Crippen molar-refractivity contribution < 1.29 is 19.4 Å². The summed E-state index contributed by atoms with van der Waals surface area (Å²) >= 11 is 0. The first-order valence-electron chi connectivity index (χ1n) is 12.7. The molecule has 0 bridgehead atoms. The molecule has 3 aliphatic rings. The van der Waals surface area contributed by atoms with Gasteiger partial charge in [-0.15, -0.1) is 0 Å². The highest BCUT2D eigenvalue weighted by Gasteiger charge is 2.35. The topological polar surface area (TPSA) is 109 Å². The molecule has 0 spiro atoms. The highest BCUT2D eigenvalue weighted by atomic mass is 16.5. The van der Waals surface area contributed by atoms with E-state index in [0.29, 0.717) is 44.8 Å². The van der Waals surface area contributed by atoms with E-state index in [1.54, 1.807) is 10.9 Å². The Labute approximate surface area is 214 Å². The fraction of sp³-hybridized carbons (Fsp3) is 0.462. The molecule has 1 saturated heterocycles. The summed E-state index contributed by atoms with van der Waals surface area (Å²) in [6.45, 7) is 3.61. The Kier molecular flexibility index (Phi) is 5.86. The second-order valence-corrected chi connectivity index (χ2v) is 10.0. The van der Waals surface area contributed by atoms with Crippen LogP contribution in [-0.4, -0.2) is 81.8 Å². The van der Waals surface area contributed by atoms with Crippen molar-refractivity contribution in [1.82, 2.24) is 24.5 Å². The smallest absolute Gasteiger partial charge is 0.407 e. The number of rotatable bonds is 4. The second-order valence-electron chi connectivity index (χ2n) is 10.0. The second kappa shape index (κ2) is 9.22. The number of likely N-dealkylation sites (N-methyl/N-ethyl adjacent to an activating group) is 1. The molecular formula is C26H31N7O4. The van der Waals surface area contributed by atoms with Crippen molar-refractivity contribution in [2.24, 2.45) is 7.05 Å². The van der Waals surface area contributed by atoms with Gasteiger partial charge in [-0.2, -0.15) is 10.2 Å². The van der Waals surface area contributed by atoms with Crippen LogP contribution in [0.5, 0.6) is 0 Å². The maximum Gasteiger partial charge on any atom is 0.407 e. The lowest BCUT2D eigenvalue weighted by molar-refractivity contribution is 0.0650. The minimum atomic E-state index is -0.918. The molecule has 6 rings (SSSR count). The van der Waals surface area contributed by atoms with Crippen molar-refractivity contribution in [3.8, 4) is 11.1 Å². The first kappa shape index (κ1) is 23.5. The molecule has 0 unspecified atom stereocenters. The van der Waals surface area contributed by atoms with Crippen LogP contribution in [0.1, 0.15) is 40.5 Å². The predicted molar refractivity (Wildman–Crippen MR) is 138 cm³/mol. The summed E-state index contributed by atoms with van der Waals surface area (Å²) in [4.78, 5) is 29.9. The highest BCUT2D eigenvalue weighted by molar-refractivity contribution is 5.95. The van der Waals surface area contributed by atoms with Crippen LogP contribution >= 0.6 is 0 Å². The van der Waals surface area contributed by atoms with Crippen molar-refractivity contribution in [2.45, 2.75) is 31.8 Å². The summed E-state index contributed by atoms with van der Waals surface area (Å²) in [5, 5.41) is 19.2. The Morgan fingerprint density at radius 3 is 2.65 bits per heavy atom. The standard InChI is InChI=1S/C26H31N7O4/c1-29-7-8-32(24-11-17(16-34)20(12-23(24)29)18-13-27-30(2)14-18)25-21-15-31(26(35)36)6-3-22(21)33(28-25)19-4-9-37-10-5-19/h11-14,16,19H,3-10,15H2,1-2H3,(H,35,36). The molecule has 37 heavy (non-hydrogen) atoms.